The average molecular weight is 220 g/mol. The maximum Gasteiger partial charge on any atom is 0.125 e. The first-order chi connectivity index (χ1) is 7.66. The van der Waals surface area contributed by atoms with Crippen molar-refractivity contribution in [3.05, 3.63) is 23.8 Å². The molecule has 0 aromatic carbocycles. The third-order valence-corrected chi connectivity index (χ3v) is 3.64. The van der Waals surface area contributed by atoms with Crippen LogP contribution in [-0.4, -0.2) is 27.3 Å². The Morgan fingerprint density at radius 1 is 1.25 bits per heavy atom. The van der Waals surface area contributed by atoms with Gasteiger partial charge in [-0.25, -0.2) is 9.97 Å². The van der Waals surface area contributed by atoms with Crippen molar-refractivity contribution >= 4 is 0 Å². The van der Waals surface area contributed by atoms with Gasteiger partial charge in [-0.2, -0.15) is 0 Å². The molecule has 16 heavy (non-hydrogen) atoms. The number of hydrogen-bond donors (Lipinski definition) is 1. The third kappa shape index (κ3) is 1.62. The van der Waals surface area contributed by atoms with Crippen LogP contribution < -0.4 is 0 Å². The standard InChI is InChI=1S/C12H16N2O2/c1-8-13-6-9(7-14-8)12(15)4-10-2-3-11(5-12)16-10/h6-7,10-11,15H,2-5H2,1H3. The second kappa shape index (κ2) is 3.50. The van der Waals surface area contributed by atoms with Gasteiger partial charge in [0.05, 0.1) is 17.8 Å². The van der Waals surface area contributed by atoms with Gasteiger partial charge in [-0.1, -0.05) is 0 Å². The molecule has 3 heterocycles. The zero-order valence-electron chi connectivity index (χ0n) is 9.39. The Balaban J connectivity index is 1.90. The van der Waals surface area contributed by atoms with Gasteiger partial charge in [-0.05, 0) is 19.8 Å². The number of rotatable bonds is 1. The first-order valence-electron chi connectivity index (χ1n) is 5.83. The van der Waals surface area contributed by atoms with E-state index >= 15 is 0 Å². The number of aliphatic hydroxyl groups is 1. The number of ether oxygens (including phenoxy) is 1. The van der Waals surface area contributed by atoms with E-state index in [1.165, 1.54) is 0 Å². The summed E-state index contributed by atoms with van der Waals surface area (Å²) in [5, 5.41) is 10.7. The summed E-state index contributed by atoms with van der Waals surface area (Å²) in [6.45, 7) is 1.85. The summed E-state index contributed by atoms with van der Waals surface area (Å²) in [5.74, 6) is 0.738. The van der Waals surface area contributed by atoms with Gasteiger partial charge in [0.2, 0.25) is 0 Å². The van der Waals surface area contributed by atoms with Gasteiger partial charge in [-0.3, -0.25) is 0 Å². The average Bonchev–Trinajstić information content (AvgIpc) is 2.59. The summed E-state index contributed by atoms with van der Waals surface area (Å²) in [7, 11) is 0. The van der Waals surface area contributed by atoms with E-state index in [2.05, 4.69) is 9.97 Å². The van der Waals surface area contributed by atoms with Gasteiger partial charge in [0.25, 0.3) is 0 Å². The molecule has 0 aliphatic carbocycles. The van der Waals surface area contributed by atoms with Crippen LogP contribution in [0.3, 0.4) is 0 Å². The van der Waals surface area contributed by atoms with Crippen LogP contribution in [0.15, 0.2) is 12.4 Å². The minimum absolute atomic E-state index is 0.213. The number of fused-ring (bicyclic) bond motifs is 2. The Morgan fingerprint density at radius 2 is 1.81 bits per heavy atom. The number of aryl methyl sites for hydroxylation is 1. The lowest BCUT2D eigenvalue weighted by atomic mass is 9.85. The molecular formula is C12H16N2O2. The molecular weight excluding hydrogens is 204 g/mol. The number of nitrogens with zero attached hydrogens (tertiary/aromatic N) is 2. The monoisotopic (exact) mass is 220 g/mol. The number of aromatic nitrogens is 2. The van der Waals surface area contributed by atoms with E-state index in [9.17, 15) is 5.11 Å². The van der Waals surface area contributed by atoms with Crippen molar-refractivity contribution in [1.29, 1.82) is 0 Å². The Bertz CT molecular complexity index is 379. The lowest BCUT2D eigenvalue weighted by molar-refractivity contribution is -0.115. The highest BCUT2D eigenvalue weighted by Gasteiger charge is 2.44. The van der Waals surface area contributed by atoms with Crippen LogP contribution in [-0.2, 0) is 10.3 Å². The topological polar surface area (TPSA) is 55.2 Å². The normalized spacial score (nSPS) is 37.6. The molecule has 2 atom stereocenters. The molecule has 0 radical (unpaired) electrons. The predicted molar refractivity (Wildman–Crippen MR) is 57.8 cm³/mol. The van der Waals surface area contributed by atoms with Crippen molar-refractivity contribution in [3.63, 3.8) is 0 Å². The fourth-order valence-electron chi connectivity index (χ4n) is 2.79. The summed E-state index contributed by atoms with van der Waals surface area (Å²) in [6, 6.07) is 0. The molecule has 2 bridgehead atoms. The predicted octanol–water partition coefficient (Wildman–Crippen LogP) is 1.31. The highest BCUT2D eigenvalue weighted by atomic mass is 16.5. The molecule has 4 nitrogen and oxygen atoms in total. The minimum Gasteiger partial charge on any atom is -0.385 e. The first-order valence-corrected chi connectivity index (χ1v) is 5.83. The Hall–Kier alpha value is -1.00. The maximum absolute atomic E-state index is 10.7. The molecule has 2 aliphatic heterocycles. The molecule has 86 valence electrons. The van der Waals surface area contributed by atoms with Gasteiger partial charge in [0.1, 0.15) is 5.82 Å². The van der Waals surface area contributed by atoms with Crippen molar-refractivity contribution in [1.82, 2.24) is 9.97 Å². The molecule has 0 spiro atoms. The zero-order chi connectivity index (χ0) is 11.2. The SMILES string of the molecule is Cc1ncc(C2(O)CC3CCC(C2)O3)cn1. The van der Waals surface area contributed by atoms with E-state index in [1.807, 2.05) is 6.92 Å². The number of hydrogen-bond acceptors (Lipinski definition) is 4. The highest BCUT2D eigenvalue weighted by molar-refractivity contribution is 5.18. The molecule has 2 unspecified atom stereocenters. The van der Waals surface area contributed by atoms with Gasteiger partial charge in [0.15, 0.2) is 0 Å². The largest absolute Gasteiger partial charge is 0.385 e. The third-order valence-electron chi connectivity index (χ3n) is 3.64. The molecule has 2 aliphatic rings. The smallest absolute Gasteiger partial charge is 0.125 e. The fraction of sp³-hybridized carbons (Fsp3) is 0.667. The van der Waals surface area contributed by atoms with Crippen molar-refractivity contribution in [3.8, 4) is 0 Å². The quantitative estimate of drug-likeness (QED) is 0.775. The summed E-state index contributed by atoms with van der Waals surface area (Å²) >= 11 is 0. The van der Waals surface area contributed by atoms with Crippen molar-refractivity contribution in [2.45, 2.75) is 50.4 Å². The molecule has 0 saturated carbocycles. The minimum atomic E-state index is -0.780. The lowest BCUT2D eigenvalue weighted by Crippen LogP contribution is -2.38. The van der Waals surface area contributed by atoms with E-state index in [0.717, 1.165) is 24.2 Å². The first kappa shape index (κ1) is 10.2. The van der Waals surface area contributed by atoms with Gasteiger partial charge in [-0.15, -0.1) is 0 Å². The zero-order valence-corrected chi connectivity index (χ0v) is 9.39. The summed E-state index contributed by atoms with van der Waals surface area (Å²) < 4.78 is 5.74. The second-order valence-electron chi connectivity index (χ2n) is 4.92. The van der Waals surface area contributed by atoms with Crippen molar-refractivity contribution < 1.29 is 9.84 Å². The van der Waals surface area contributed by atoms with Crippen LogP contribution in [0.2, 0.25) is 0 Å². The Kier molecular flexibility index (Phi) is 2.23. The van der Waals surface area contributed by atoms with Gasteiger partial charge < -0.3 is 9.84 Å². The van der Waals surface area contributed by atoms with Crippen LogP contribution >= 0.6 is 0 Å². The van der Waals surface area contributed by atoms with Crippen LogP contribution in [0.25, 0.3) is 0 Å². The van der Waals surface area contributed by atoms with Crippen LogP contribution in [0.5, 0.6) is 0 Å². The Labute approximate surface area is 94.7 Å². The summed E-state index contributed by atoms with van der Waals surface area (Å²) in [6.07, 6.45) is 7.40. The summed E-state index contributed by atoms with van der Waals surface area (Å²) in [4.78, 5) is 8.32. The molecule has 1 aromatic rings. The van der Waals surface area contributed by atoms with E-state index in [0.29, 0.717) is 12.8 Å². The molecule has 2 fully saturated rings. The van der Waals surface area contributed by atoms with E-state index in [1.54, 1.807) is 12.4 Å². The van der Waals surface area contributed by atoms with E-state index in [4.69, 9.17) is 4.74 Å². The van der Waals surface area contributed by atoms with Crippen molar-refractivity contribution in [2.75, 3.05) is 0 Å². The Morgan fingerprint density at radius 3 is 2.38 bits per heavy atom. The maximum atomic E-state index is 10.7. The molecule has 1 N–H and O–H groups in total. The molecule has 2 saturated heterocycles. The van der Waals surface area contributed by atoms with E-state index in [-0.39, 0.29) is 12.2 Å². The lowest BCUT2D eigenvalue weighted by Gasteiger charge is -2.36. The molecule has 3 rings (SSSR count). The van der Waals surface area contributed by atoms with Gasteiger partial charge in [0, 0.05) is 30.8 Å². The van der Waals surface area contributed by atoms with Crippen LogP contribution in [0.1, 0.15) is 37.1 Å². The molecule has 0 amide bonds. The second-order valence-corrected chi connectivity index (χ2v) is 4.92. The van der Waals surface area contributed by atoms with E-state index < -0.39 is 5.60 Å². The van der Waals surface area contributed by atoms with Gasteiger partial charge >= 0.3 is 0 Å². The molecule has 1 aromatic heterocycles. The van der Waals surface area contributed by atoms with Crippen LogP contribution in [0.4, 0.5) is 0 Å². The molecule has 4 heteroatoms. The fourth-order valence-corrected chi connectivity index (χ4v) is 2.79. The van der Waals surface area contributed by atoms with Crippen LogP contribution in [0, 0.1) is 6.92 Å². The highest BCUT2D eigenvalue weighted by Crippen LogP contribution is 2.43. The summed E-state index contributed by atoms with van der Waals surface area (Å²) in [5.41, 5.74) is 0.0518. The van der Waals surface area contributed by atoms with Crippen molar-refractivity contribution in [2.24, 2.45) is 0 Å².